The van der Waals surface area contributed by atoms with Crippen LogP contribution in [0.5, 0.6) is 0 Å². The predicted octanol–water partition coefficient (Wildman–Crippen LogP) is 2.49. The highest BCUT2D eigenvalue weighted by Crippen LogP contribution is 2.16. The summed E-state index contributed by atoms with van der Waals surface area (Å²) in [6, 6.07) is 8.49. The van der Waals surface area contributed by atoms with Gasteiger partial charge in [0.2, 0.25) is 5.95 Å². The summed E-state index contributed by atoms with van der Waals surface area (Å²) in [5, 5.41) is 0. The Balaban J connectivity index is 2.12. The molecule has 0 spiro atoms. The highest BCUT2D eigenvalue weighted by molar-refractivity contribution is 5.48. The molecular weight excluding hydrogens is 236 g/mol. The van der Waals surface area contributed by atoms with Gasteiger partial charge in [-0.05, 0) is 30.2 Å². The normalized spacial score (nSPS) is 10.3. The number of hydrogen-bond acceptors (Lipinski definition) is 4. The van der Waals surface area contributed by atoms with Crippen LogP contribution in [-0.2, 0) is 6.54 Å². The van der Waals surface area contributed by atoms with Crippen molar-refractivity contribution in [1.82, 2.24) is 9.97 Å². The van der Waals surface area contributed by atoms with Gasteiger partial charge in [-0.15, -0.1) is 0 Å². The summed E-state index contributed by atoms with van der Waals surface area (Å²) in [5.74, 6) is 0.751. The van der Waals surface area contributed by atoms with E-state index in [1.807, 2.05) is 45.4 Å². The van der Waals surface area contributed by atoms with E-state index in [2.05, 4.69) is 39.1 Å². The van der Waals surface area contributed by atoms with Crippen molar-refractivity contribution in [1.29, 1.82) is 0 Å². The first kappa shape index (κ1) is 13.3. The number of hydrogen-bond donors (Lipinski definition) is 0. The van der Waals surface area contributed by atoms with E-state index in [4.69, 9.17) is 0 Å². The Hall–Kier alpha value is -2.10. The predicted molar refractivity (Wildman–Crippen MR) is 79.6 cm³/mol. The number of benzene rings is 1. The van der Waals surface area contributed by atoms with Crippen LogP contribution < -0.4 is 9.80 Å². The van der Waals surface area contributed by atoms with Crippen molar-refractivity contribution in [2.75, 3.05) is 30.9 Å². The Labute approximate surface area is 114 Å². The summed E-state index contributed by atoms with van der Waals surface area (Å²) in [5.41, 5.74) is 3.53. The third-order valence-electron chi connectivity index (χ3n) is 2.96. The molecule has 4 heteroatoms. The molecule has 0 aliphatic heterocycles. The summed E-state index contributed by atoms with van der Waals surface area (Å²) in [4.78, 5) is 12.8. The average Bonchev–Trinajstić information content (AvgIpc) is 2.39. The molecule has 0 saturated carbocycles. The summed E-state index contributed by atoms with van der Waals surface area (Å²) < 4.78 is 0. The van der Waals surface area contributed by atoms with Crippen LogP contribution in [0.3, 0.4) is 0 Å². The topological polar surface area (TPSA) is 32.3 Å². The standard InChI is InChI=1S/C15H20N4/c1-12-9-16-15(17-10-12)19(4)11-13-6-5-7-14(8-13)18(2)3/h5-10H,11H2,1-4H3. The lowest BCUT2D eigenvalue weighted by atomic mass is 10.2. The summed E-state index contributed by atoms with van der Waals surface area (Å²) in [6.45, 7) is 2.79. The molecule has 0 N–H and O–H groups in total. The fourth-order valence-corrected chi connectivity index (χ4v) is 1.86. The van der Waals surface area contributed by atoms with Crippen LogP contribution in [0, 0.1) is 6.92 Å². The lowest BCUT2D eigenvalue weighted by Crippen LogP contribution is -2.19. The Kier molecular flexibility index (Phi) is 4.00. The van der Waals surface area contributed by atoms with Crippen molar-refractivity contribution >= 4 is 11.6 Å². The largest absolute Gasteiger partial charge is 0.378 e. The first-order valence-electron chi connectivity index (χ1n) is 6.32. The molecule has 0 saturated heterocycles. The number of aryl methyl sites for hydroxylation is 1. The molecule has 0 unspecified atom stereocenters. The number of nitrogens with zero attached hydrogens (tertiary/aromatic N) is 4. The van der Waals surface area contributed by atoms with Gasteiger partial charge >= 0.3 is 0 Å². The second kappa shape index (κ2) is 5.69. The van der Waals surface area contributed by atoms with Gasteiger partial charge in [-0.3, -0.25) is 0 Å². The number of anilines is 2. The zero-order valence-electron chi connectivity index (χ0n) is 12.0. The van der Waals surface area contributed by atoms with Gasteiger partial charge in [0.25, 0.3) is 0 Å². The number of aromatic nitrogens is 2. The SMILES string of the molecule is Cc1cnc(N(C)Cc2cccc(N(C)C)c2)nc1. The molecule has 1 aromatic heterocycles. The molecule has 0 atom stereocenters. The van der Waals surface area contributed by atoms with Crippen molar-refractivity contribution in [2.45, 2.75) is 13.5 Å². The third-order valence-corrected chi connectivity index (χ3v) is 2.96. The van der Waals surface area contributed by atoms with Gasteiger partial charge in [-0.2, -0.15) is 0 Å². The van der Waals surface area contributed by atoms with E-state index in [1.54, 1.807) is 0 Å². The van der Waals surface area contributed by atoms with E-state index in [-0.39, 0.29) is 0 Å². The summed E-state index contributed by atoms with van der Waals surface area (Å²) in [7, 11) is 6.10. The van der Waals surface area contributed by atoms with Gasteiger partial charge < -0.3 is 9.80 Å². The van der Waals surface area contributed by atoms with Crippen LogP contribution in [0.25, 0.3) is 0 Å². The van der Waals surface area contributed by atoms with E-state index in [9.17, 15) is 0 Å². The molecule has 0 radical (unpaired) electrons. The van der Waals surface area contributed by atoms with Gasteiger partial charge in [0.05, 0.1) is 0 Å². The van der Waals surface area contributed by atoms with Gasteiger partial charge in [0, 0.05) is 45.8 Å². The molecule has 2 aromatic rings. The van der Waals surface area contributed by atoms with Crippen LogP contribution >= 0.6 is 0 Å². The second-order valence-electron chi connectivity index (χ2n) is 4.98. The molecule has 2 rings (SSSR count). The number of rotatable bonds is 4. The lowest BCUT2D eigenvalue weighted by molar-refractivity contribution is 0.863. The molecule has 0 amide bonds. The Morgan fingerprint density at radius 2 is 1.74 bits per heavy atom. The van der Waals surface area contributed by atoms with Crippen molar-refractivity contribution in [2.24, 2.45) is 0 Å². The Bertz CT molecular complexity index is 534. The van der Waals surface area contributed by atoms with Crippen molar-refractivity contribution in [3.63, 3.8) is 0 Å². The fraction of sp³-hybridized carbons (Fsp3) is 0.333. The maximum absolute atomic E-state index is 4.34. The molecule has 0 aliphatic carbocycles. The Morgan fingerprint density at radius 3 is 2.37 bits per heavy atom. The zero-order chi connectivity index (χ0) is 13.8. The first-order chi connectivity index (χ1) is 9.06. The highest BCUT2D eigenvalue weighted by atomic mass is 15.2. The van der Waals surface area contributed by atoms with Gasteiger partial charge in [-0.25, -0.2) is 9.97 Å². The van der Waals surface area contributed by atoms with Crippen LogP contribution in [-0.4, -0.2) is 31.1 Å². The highest BCUT2D eigenvalue weighted by Gasteiger charge is 2.05. The molecule has 0 aliphatic rings. The van der Waals surface area contributed by atoms with Crippen LogP contribution in [0.1, 0.15) is 11.1 Å². The summed E-state index contributed by atoms with van der Waals surface area (Å²) >= 11 is 0. The molecule has 4 nitrogen and oxygen atoms in total. The molecule has 0 fully saturated rings. The monoisotopic (exact) mass is 256 g/mol. The minimum atomic E-state index is 0.751. The van der Waals surface area contributed by atoms with Crippen molar-refractivity contribution in [3.8, 4) is 0 Å². The minimum absolute atomic E-state index is 0.751. The van der Waals surface area contributed by atoms with Gasteiger partial charge in [-0.1, -0.05) is 12.1 Å². The summed E-state index contributed by atoms with van der Waals surface area (Å²) in [6.07, 6.45) is 3.68. The van der Waals surface area contributed by atoms with Crippen LogP contribution in [0.2, 0.25) is 0 Å². The van der Waals surface area contributed by atoms with Crippen molar-refractivity contribution < 1.29 is 0 Å². The molecule has 19 heavy (non-hydrogen) atoms. The van der Waals surface area contributed by atoms with E-state index < -0.39 is 0 Å². The molecular formula is C15H20N4. The van der Waals surface area contributed by atoms with Crippen LogP contribution in [0.15, 0.2) is 36.7 Å². The molecule has 1 aromatic carbocycles. The maximum Gasteiger partial charge on any atom is 0.225 e. The van der Waals surface area contributed by atoms with Crippen LogP contribution in [0.4, 0.5) is 11.6 Å². The molecule has 100 valence electrons. The smallest absolute Gasteiger partial charge is 0.225 e. The lowest BCUT2D eigenvalue weighted by Gasteiger charge is -2.19. The van der Waals surface area contributed by atoms with Gasteiger partial charge in [0.15, 0.2) is 0 Å². The average molecular weight is 256 g/mol. The zero-order valence-corrected chi connectivity index (χ0v) is 12.0. The third kappa shape index (κ3) is 3.44. The Morgan fingerprint density at radius 1 is 1.05 bits per heavy atom. The van der Waals surface area contributed by atoms with E-state index in [0.717, 1.165) is 18.1 Å². The second-order valence-corrected chi connectivity index (χ2v) is 4.98. The molecule has 0 bridgehead atoms. The quantitative estimate of drug-likeness (QED) is 0.841. The van der Waals surface area contributed by atoms with E-state index >= 15 is 0 Å². The molecule has 1 heterocycles. The van der Waals surface area contributed by atoms with E-state index in [1.165, 1.54) is 11.3 Å². The fourth-order valence-electron chi connectivity index (χ4n) is 1.86. The maximum atomic E-state index is 4.34. The minimum Gasteiger partial charge on any atom is -0.378 e. The van der Waals surface area contributed by atoms with E-state index in [0.29, 0.717) is 0 Å². The van der Waals surface area contributed by atoms with Gasteiger partial charge in [0.1, 0.15) is 0 Å². The van der Waals surface area contributed by atoms with Crippen molar-refractivity contribution in [3.05, 3.63) is 47.8 Å². The first-order valence-corrected chi connectivity index (χ1v) is 6.32.